The van der Waals surface area contributed by atoms with E-state index in [9.17, 15) is 55.4 Å². The van der Waals surface area contributed by atoms with Crippen LogP contribution in [0.3, 0.4) is 0 Å². The Hall–Kier alpha value is -6.89. The number of amides is 4. The van der Waals surface area contributed by atoms with Gasteiger partial charge in [0, 0.05) is 29.9 Å². The molecule has 0 fully saturated rings. The molecular weight excluding hydrogens is 826 g/mol. The van der Waals surface area contributed by atoms with Crippen molar-refractivity contribution >= 4 is 40.5 Å². The van der Waals surface area contributed by atoms with Gasteiger partial charge < -0.3 is 41.8 Å². The predicted molar refractivity (Wildman–Crippen MR) is 213 cm³/mol. The maximum Gasteiger partial charge on any atom is 0.416 e. The first-order valence-corrected chi connectivity index (χ1v) is 19.0. The smallest absolute Gasteiger partial charge is 0.416 e. The number of aromatic hydroxyl groups is 1. The fraction of sp³-hybridized carbons (Fsp3) is 0.279. The number of halogens is 6. The summed E-state index contributed by atoms with van der Waals surface area (Å²) in [5, 5.41) is 20.0. The van der Waals surface area contributed by atoms with Crippen LogP contribution < -0.4 is 27.0 Å². The molecular formula is C43H42F6N6O7. The number of H-pyrrole nitrogens is 1. The molecule has 328 valence electrons. The minimum atomic E-state index is -5.15. The van der Waals surface area contributed by atoms with E-state index in [-0.39, 0.29) is 31.1 Å². The van der Waals surface area contributed by atoms with E-state index in [1.807, 2.05) is 0 Å². The summed E-state index contributed by atoms with van der Waals surface area (Å²) < 4.78 is 86.4. The molecule has 5 rings (SSSR count). The van der Waals surface area contributed by atoms with Crippen molar-refractivity contribution in [3.63, 3.8) is 0 Å². The number of esters is 1. The first kappa shape index (κ1) is 46.2. The predicted octanol–water partition coefficient (Wildman–Crippen LogP) is 4.60. The van der Waals surface area contributed by atoms with Crippen molar-refractivity contribution in [2.45, 2.75) is 69.3 Å². The van der Waals surface area contributed by atoms with Gasteiger partial charge in [-0.25, -0.2) is 4.79 Å². The Kier molecular flexibility index (Phi) is 15.0. The molecule has 0 aliphatic carbocycles. The fourth-order valence-corrected chi connectivity index (χ4v) is 6.33. The summed E-state index contributed by atoms with van der Waals surface area (Å²) in [6.45, 7) is -0.312. The molecule has 4 amide bonds. The van der Waals surface area contributed by atoms with Crippen molar-refractivity contribution in [2.75, 3.05) is 6.54 Å². The molecule has 0 unspecified atom stereocenters. The number of benzene rings is 4. The number of phenolic OH excluding ortho intramolecular Hbond substituents is 1. The third kappa shape index (κ3) is 13.1. The molecule has 0 aliphatic heterocycles. The van der Waals surface area contributed by atoms with Gasteiger partial charge in [-0.3, -0.25) is 19.2 Å². The van der Waals surface area contributed by atoms with Crippen molar-refractivity contribution < 1.29 is 60.2 Å². The average molecular weight is 869 g/mol. The van der Waals surface area contributed by atoms with E-state index in [1.54, 1.807) is 72.9 Å². The lowest BCUT2D eigenvalue weighted by Crippen LogP contribution is -2.55. The minimum absolute atomic E-state index is 0.0324. The molecule has 0 saturated heterocycles. The number of nitrogens with one attached hydrogen (secondary N) is 5. The van der Waals surface area contributed by atoms with Gasteiger partial charge in [-0.1, -0.05) is 60.7 Å². The van der Waals surface area contributed by atoms with Gasteiger partial charge >= 0.3 is 18.3 Å². The number of aromatic nitrogens is 1. The van der Waals surface area contributed by atoms with E-state index < -0.39 is 96.0 Å². The highest BCUT2D eigenvalue weighted by Crippen LogP contribution is 2.36. The first-order valence-electron chi connectivity index (χ1n) is 19.0. The normalized spacial score (nSPS) is 13.6. The second-order valence-electron chi connectivity index (χ2n) is 14.4. The third-order valence-corrected chi connectivity index (χ3v) is 9.57. The Morgan fingerprint density at radius 1 is 0.694 bits per heavy atom. The van der Waals surface area contributed by atoms with Crippen LogP contribution in [-0.2, 0) is 66.9 Å². The summed E-state index contributed by atoms with van der Waals surface area (Å²) in [5.41, 5.74) is 4.54. The highest BCUT2D eigenvalue weighted by molar-refractivity contribution is 5.94. The van der Waals surface area contributed by atoms with E-state index in [1.165, 1.54) is 19.1 Å². The zero-order valence-corrected chi connectivity index (χ0v) is 32.9. The lowest BCUT2D eigenvalue weighted by atomic mass is 10.0. The summed E-state index contributed by atoms with van der Waals surface area (Å²) in [7, 11) is 0. The zero-order chi connectivity index (χ0) is 45.2. The molecule has 0 spiro atoms. The largest absolute Gasteiger partial charge is 0.508 e. The van der Waals surface area contributed by atoms with Crippen molar-refractivity contribution in [1.29, 1.82) is 0 Å². The topological polar surface area (TPSA) is 205 Å². The Labute approximate surface area is 350 Å². The summed E-state index contributed by atoms with van der Waals surface area (Å²) in [4.78, 5) is 69.4. The standard InChI is InChI=1S/C43H42F6N6O7/c1-24(53-39(59)33(50)17-26-11-13-31(56)14-12-26)38(58)52-22-37(57)54-35(18-25-7-3-2-4-8-25)40(60)55-36(19-28-21-51-34-10-6-5-9-32(28)34)41(61)62-23-27-15-29(42(44,45)46)20-30(16-27)43(47,48)49/h2-16,20-21,24,33,35-36,51,56H,17-19,22-23,50H2,1H3,(H,52,58)(H,53,59)(H,54,57)(H,55,60)/t24-,33+,35+,36+/m1/s1. The number of aromatic amines is 1. The van der Waals surface area contributed by atoms with Gasteiger partial charge in [-0.15, -0.1) is 0 Å². The number of carbonyl (C=O) groups excluding carboxylic acids is 5. The van der Waals surface area contributed by atoms with Gasteiger partial charge in [0.25, 0.3) is 0 Å². The van der Waals surface area contributed by atoms with Gasteiger partial charge in [0.2, 0.25) is 23.6 Å². The summed E-state index contributed by atoms with van der Waals surface area (Å²) >= 11 is 0. The van der Waals surface area contributed by atoms with E-state index in [0.29, 0.717) is 39.7 Å². The molecule has 0 saturated carbocycles. The van der Waals surface area contributed by atoms with Crippen molar-refractivity contribution in [1.82, 2.24) is 26.3 Å². The van der Waals surface area contributed by atoms with Gasteiger partial charge in [0.1, 0.15) is 30.5 Å². The van der Waals surface area contributed by atoms with Crippen molar-refractivity contribution in [3.8, 4) is 5.75 Å². The number of phenols is 1. The molecule has 62 heavy (non-hydrogen) atoms. The monoisotopic (exact) mass is 868 g/mol. The van der Waals surface area contributed by atoms with Crippen LogP contribution in [0.15, 0.2) is 103 Å². The number of rotatable bonds is 17. The van der Waals surface area contributed by atoms with Crippen molar-refractivity contribution in [2.24, 2.45) is 5.73 Å². The Bertz CT molecular complexity index is 2340. The quantitative estimate of drug-likeness (QED) is 0.0519. The molecule has 5 aromatic rings. The van der Waals surface area contributed by atoms with E-state index in [4.69, 9.17) is 10.5 Å². The van der Waals surface area contributed by atoms with Gasteiger partial charge in [-0.05, 0) is 72.0 Å². The summed E-state index contributed by atoms with van der Waals surface area (Å²) in [5.74, 6) is -4.37. The molecule has 1 heterocycles. The number of carbonyl (C=O) groups is 5. The molecule has 4 atom stereocenters. The molecule has 19 heteroatoms. The number of fused-ring (bicyclic) bond motifs is 1. The molecule has 13 nitrogen and oxygen atoms in total. The Balaban J connectivity index is 1.29. The molecule has 4 aromatic carbocycles. The highest BCUT2D eigenvalue weighted by Gasteiger charge is 2.37. The second-order valence-corrected chi connectivity index (χ2v) is 14.4. The molecule has 0 radical (unpaired) electrons. The van der Waals surface area contributed by atoms with Crippen LogP contribution in [0.25, 0.3) is 10.9 Å². The molecule has 0 bridgehead atoms. The highest BCUT2D eigenvalue weighted by atomic mass is 19.4. The second kappa shape index (κ2) is 20.1. The van der Waals surface area contributed by atoms with E-state index >= 15 is 0 Å². The van der Waals surface area contributed by atoms with E-state index in [2.05, 4.69) is 26.3 Å². The van der Waals surface area contributed by atoms with Gasteiger partial charge in [0.15, 0.2) is 0 Å². The number of para-hydroxylation sites is 1. The zero-order valence-electron chi connectivity index (χ0n) is 32.9. The summed E-state index contributed by atoms with van der Waals surface area (Å²) in [6, 6.07) is 17.0. The number of hydrogen-bond acceptors (Lipinski definition) is 8. The maximum absolute atomic E-state index is 14.0. The van der Waals surface area contributed by atoms with Crippen LogP contribution in [0.5, 0.6) is 5.75 Å². The number of alkyl halides is 6. The fourth-order valence-electron chi connectivity index (χ4n) is 6.33. The Morgan fingerprint density at radius 2 is 1.31 bits per heavy atom. The lowest BCUT2D eigenvalue weighted by Gasteiger charge is -2.23. The van der Waals surface area contributed by atoms with Crippen LogP contribution in [0.4, 0.5) is 26.3 Å². The number of nitrogens with two attached hydrogens (primary N) is 1. The molecule has 1 aromatic heterocycles. The van der Waals surface area contributed by atoms with Crippen LogP contribution in [0.2, 0.25) is 0 Å². The third-order valence-electron chi connectivity index (χ3n) is 9.57. The van der Waals surface area contributed by atoms with Crippen molar-refractivity contribution in [3.05, 3.63) is 137 Å². The lowest BCUT2D eigenvalue weighted by molar-refractivity contribution is -0.149. The number of hydrogen-bond donors (Lipinski definition) is 7. The first-order chi connectivity index (χ1) is 29.3. The Morgan fingerprint density at radius 3 is 1.95 bits per heavy atom. The SMILES string of the molecule is C[C@@H](NC(=O)[C@@H](N)Cc1ccc(O)cc1)C(=O)NCC(=O)N[C@@H](Cc1ccccc1)C(=O)N[C@@H](Cc1c[nH]c2ccccc12)C(=O)OCc1cc(C(F)(F)F)cc(C(F)(F)F)c1. The van der Waals surface area contributed by atoms with Gasteiger partial charge in [0.05, 0.1) is 23.7 Å². The van der Waals surface area contributed by atoms with E-state index in [0.717, 1.165) is 0 Å². The average Bonchev–Trinajstić information content (AvgIpc) is 3.64. The molecule has 0 aliphatic rings. The summed E-state index contributed by atoms with van der Waals surface area (Å²) in [6.07, 6.45) is -9.02. The minimum Gasteiger partial charge on any atom is -0.508 e. The van der Waals surface area contributed by atoms with Crippen LogP contribution in [0.1, 0.15) is 40.3 Å². The van der Waals surface area contributed by atoms with Crippen LogP contribution in [-0.4, -0.2) is 70.4 Å². The van der Waals surface area contributed by atoms with Crippen LogP contribution >= 0.6 is 0 Å². The number of ether oxygens (including phenoxy) is 1. The van der Waals surface area contributed by atoms with Crippen LogP contribution in [0, 0.1) is 0 Å². The van der Waals surface area contributed by atoms with Gasteiger partial charge in [-0.2, -0.15) is 26.3 Å². The molecule has 8 N–H and O–H groups in total. The maximum atomic E-state index is 14.0.